The molecular weight excluding hydrogens is 244 g/mol. The molecule has 0 aromatic carbocycles. The molecule has 17 heavy (non-hydrogen) atoms. The number of hydrogen-bond acceptors (Lipinski definition) is 6. The van der Waals surface area contributed by atoms with E-state index in [2.05, 4.69) is 4.74 Å². The van der Waals surface area contributed by atoms with Crippen LogP contribution in [0.3, 0.4) is 0 Å². The van der Waals surface area contributed by atoms with Gasteiger partial charge in [-0.1, -0.05) is 0 Å². The van der Waals surface area contributed by atoms with Gasteiger partial charge in [-0.15, -0.1) is 11.3 Å². The molecule has 0 saturated carbocycles. The number of carbonyl (C=O) groups excluding carboxylic acids is 1. The number of methoxy groups -OCH3 is 1. The SMILES string of the molecule is CCOC(=O)C(O)C(O)c1csc(COC)c1. The average Bonchev–Trinajstić information content (AvgIpc) is 2.76. The highest BCUT2D eigenvalue weighted by molar-refractivity contribution is 7.10. The third-order valence-corrected chi connectivity index (χ3v) is 3.06. The van der Waals surface area contributed by atoms with E-state index in [0.717, 1.165) is 4.88 Å². The monoisotopic (exact) mass is 260 g/mol. The van der Waals surface area contributed by atoms with E-state index in [4.69, 9.17) is 4.74 Å². The van der Waals surface area contributed by atoms with Crippen LogP contribution in [-0.4, -0.2) is 36.0 Å². The molecule has 0 aliphatic rings. The highest BCUT2D eigenvalue weighted by atomic mass is 32.1. The summed E-state index contributed by atoms with van der Waals surface area (Å²) in [4.78, 5) is 12.2. The molecule has 1 rings (SSSR count). The van der Waals surface area contributed by atoms with Crippen molar-refractivity contribution in [2.45, 2.75) is 25.7 Å². The van der Waals surface area contributed by atoms with Gasteiger partial charge in [0.2, 0.25) is 0 Å². The molecule has 1 heterocycles. The Balaban J connectivity index is 2.67. The Kier molecular flexibility index (Phi) is 5.57. The standard InChI is InChI=1S/C11H16O5S/c1-3-16-11(14)10(13)9(12)7-4-8(5-15-2)17-6-7/h4,6,9-10,12-13H,3,5H2,1-2H3. The number of aliphatic hydroxyl groups excluding tert-OH is 2. The van der Waals surface area contributed by atoms with Gasteiger partial charge in [0.05, 0.1) is 13.2 Å². The van der Waals surface area contributed by atoms with Crippen molar-refractivity contribution in [3.63, 3.8) is 0 Å². The summed E-state index contributed by atoms with van der Waals surface area (Å²) in [5.41, 5.74) is 0.489. The molecule has 1 aromatic rings. The molecule has 2 unspecified atom stereocenters. The number of rotatable bonds is 6. The molecule has 0 amide bonds. The molecule has 96 valence electrons. The predicted octanol–water partition coefficient (Wildman–Crippen LogP) is 0.852. The minimum absolute atomic E-state index is 0.168. The van der Waals surface area contributed by atoms with E-state index in [0.29, 0.717) is 12.2 Å². The molecule has 0 aliphatic heterocycles. The summed E-state index contributed by atoms with van der Waals surface area (Å²) in [5, 5.41) is 21.0. The normalized spacial score (nSPS) is 14.4. The molecule has 0 saturated heterocycles. The maximum Gasteiger partial charge on any atom is 0.338 e. The molecule has 0 spiro atoms. The number of esters is 1. The Morgan fingerprint density at radius 2 is 2.24 bits per heavy atom. The molecule has 0 aliphatic carbocycles. The maximum absolute atomic E-state index is 11.2. The first-order valence-electron chi connectivity index (χ1n) is 5.19. The van der Waals surface area contributed by atoms with Crippen LogP contribution in [0.4, 0.5) is 0 Å². The summed E-state index contributed by atoms with van der Waals surface area (Å²) in [5.74, 6) is -0.820. The first-order valence-corrected chi connectivity index (χ1v) is 6.07. The fourth-order valence-corrected chi connectivity index (χ4v) is 2.19. The van der Waals surface area contributed by atoms with Crippen LogP contribution in [0.1, 0.15) is 23.5 Å². The number of ether oxygens (including phenoxy) is 2. The van der Waals surface area contributed by atoms with Gasteiger partial charge in [0, 0.05) is 12.0 Å². The third kappa shape index (κ3) is 3.78. The van der Waals surface area contributed by atoms with Crippen molar-refractivity contribution in [2.24, 2.45) is 0 Å². The van der Waals surface area contributed by atoms with Gasteiger partial charge >= 0.3 is 5.97 Å². The van der Waals surface area contributed by atoms with Crippen molar-refractivity contribution in [1.29, 1.82) is 0 Å². The van der Waals surface area contributed by atoms with Gasteiger partial charge in [0.15, 0.2) is 6.10 Å². The second-order valence-electron chi connectivity index (χ2n) is 3.42. The molecule has 0 bridgehead atoms. The molecule has 5 nitrogen and oxygen atoms in total. The summed E-state index contributed by atoms with van der Waals surface area (Å²) in [6, 6.07) is 1.70. The fourth-order valence-electron chi connectivity index (χ4n) is 1.31. The lowest BCUT2D eigenvalue weighted by Crippen LogP contribution is -2.29. The van der Waals surface area contributed by atoms with Crippen molar-refractivity contribution >= 4 is 17.3 Å². The van der Waals surface area contributed by atoms with E-state index in [9.17, 15) is 15.0 Å². The van der Waals surface area contributed by atoms with Crippen LogP contribution in [0.5, 0.6) is 0 Å². The molecule has 1 aromatic heterocycles. The Morgan fingerprint density at radius 1 is 1.53 bits per heavy atom. The van der Waals surface area contributed by atoms with Crippen LogP contribution < -0.4 is 0 Å². The molecule has 2 N–H and O–H groups in total. The number of carbonyl (C=O) groups is 1. The van der Waals surface area contributed by atoms with Crippen LogP contribution in [-0.2, 0) is 20.9 Å². The first kappa shape index (κ1) is 14.1. The zero-order valence-corrected chi connectivity index (χ0v) is 10.6. The second-order valence-corrected chi connectivity index (χ2v) is 4.42. The molecule has 2 atom stereocenters. The van der Waals surface area contributed by atoms with Crippen LogP contribution >= 0.6 is 11.3 Å². The smallest absolute Gasteiger partial charge is 0.338 e. The van der Waals surface area contributed by atoms with Crippen molar-refractivity contribution in [3.05, 3.63) is 21.9 Å². The van der Waals surface area contributed by atoms with Crippen molar-refractivity contribution in [1.82, 2.24) is 0 Å². The van der Waals surface area contributed by atoms with Gasteiger partial charge in [-0.05, 0) is 23.9 Å². The van der Waals surface area contributed by atoms with E-state index in [1.807, 2.05) is 0 Å². The molecule has 6 heteroatoms. The van der Waals surface area contributed by atoms with Crippen LogP contribution in [0.25, 0.3) is 0 Å². The zero-order chi connectivity index (χ0) is 12.8. The van der Waals surface area contributed by atoms with Crippen molar-refractivity contribution in [2.75, 3.05) is 13.7 Å². The Labute approximate surface area is 104 Å². The Morgan fingerprint density at radius 3 is 2.82 bits per heavy atom. The molecular formula is C11H16O5S. The van der Waals surface area contributed by atoms with Gasteiger partial charge in [-0.25, -0.2) is 4.79 Å². The maximum atomic E-state index is 11.2. The highest BCUT2D eigenvalue weighted by Crippen LogP contribution is 2.24. The number of hydrogen-bond donors (Lipinski definition) is 2. The van der Waals surface area contributed by atoms with Crippen molar-refractivity contribution < 1.29 is 24.5 Å². The summed E-state index contributed by atoms with van der Waals surface area (Å²) in [6.45, 7) is 2.24. The van der Waals surface area contributed by atoms with E-state index < -0.39 is 18.2 Å². The summed E-state index contributed by atoms with van der Waals surface area (Å²) >= 11 is 1.40. The van der Waals surface area contributed by atoms with Crippen LogP contribution in [0.2, 0.25) is 0 Å². The fraction of sp³-hybridized carbons (Fsp3) is 0.545. The quantitative estimate of drug-likeness (QED) is 0.742. The van der Waals surface area contributed by atoms with E-state index in [1.165, 1.54) is 11.3 Å². The summed E-state index contributed by atoms with van der Waals surface area (Å²) in [7, 11) is 1.57. The third-order valence-electron chi connectivity index (χ3n) is 2.13. The molecule has 0 fully saturated rings. The van der Waals surface area contributed by atoms with Crippen molar-refractivity contribution in [3.8, 4) is 0 Å². The summed E-state index contributed by atoms with van der Waals surface area (Å²) < 4.78 is 9.57. The van der Waals surface area contributed by atoms with E-state index in [1.54, 1.807) is 25.5 Å². The number of aliphatic hydroxyl groups is 2. The lowest BCUT2D eigenvalue weighted by Gasteiger charge is -2.15. The van der Waals surface area contributed by atoms with Gasteiger partial charge in [-0.3, -0.25) is 0 Å². The minimum atomic E-state index is -1.56. The lowest BCUT2D eigenvalue weighted by molar-refractivity contribution is -0.159. The Bertz CT molecular complexity index is 362. The Hall–Kier alpha value is -0.950. The van der Waals surface area contributed by atoms with Crippen LogP contribution in [0.15, 0.2) is 11.4 Å². The topological polar surface area (TPSA) is 76.0 Å². The highest BCUT2D eigenvalue weighted by Gasteiger charge is 2.27. The van der Waals surface area contributed by atoms with Gasteiger partial charge in [0.25, 0.3) is 0 Å². The minimum Gasteiger partial charge on any atom is -0.464 e. The van der Waals surface area contributed by atoms with E-state index in [-0.39, 0.29) is 6.61 Å². The average molecular weight is 260 g/mol. The van der Waals surface area contributed by atoms with Gasteiger partial charge < -0.3 is 19.7 Å². The van der Waals surface area contributed by atoms with E-state index >= 15 is 0 Å². The molecule has 0 radical (unpaired) electrons. The first-order chi connectivity index (χ1) is 8.10. The van der Waals surface area contributed by atoms with Gasteiger partial charge in [0.1, 0.15) is 6.10 Å². The summed E-state index contributed by atoms with van der Waals surface area (Å²) in [6.07, 6.45) is -2.82. The van der Waals surface area contributed by atoms with Crippen LogP contribution in [0, 0.1) is 0 Å². The number of thiophene rings is 1. The predicted molar refractivity (Wildman–Crippen MR) is 62.6 cm³/mol. The van der Waals surface area contributed by atoms with Gasteiger partial charge in [-0.2, -0.15) is 0 Å². The zero-order valence-electron chi connectivity index (χ0n) is 9.75. The second kappa shape index (κ2) is 6.70. The lowest BCUT2D eigenvalue weighted by atomic mass is 10.1. The largest absolute Gasteiger partial charge is 0.464 e.